The summed E-state index contributed by atoms with van der Waals surface area (Å²) in [6.07, 6.45) is 2.73. The SMILES string of the molecule is CCCCC(C(=O)O)c1ccccc1.[Na+]. The predicted molar refractivity (Wildman–Crippen MR) is 56.3 cm³/mol. The third kappa shape index (κ3) is 4.83. The van der Waals surface area contributed by atoms with Crippen molar-refractivity contribution in [3.63, 3.8) is 0 Å². The number of aliphatic carboxylic acids is 1. The van der Waals surface area contributed by atoms with Crippen LogP contribution in [0.4, 0.5) is 0 Å². The van der Waals surface area contributed by atoms with Crippen molar-refractivity contribution in [2.24, 2.45) is 0 Å². The van der Waals surface area contributed by atoms with E-state index in [4.69, 9.17) is 5.11 Å². The Balaban J connectivity index is 0.00000196. The van der Waals surface area contributed by atoms with Crippen molar-refractivity contribution in [2.45, 2.75) is 32.1 Å². The van der Waals surface area contributed by atoms with Gasteiger partial charge in [-0.2, -0.15) is 0 Å². The molecule has 76 valence electrons. The molecule has 0 aliphatic carbocycles. The number of carbonyl (C=O) groups is 1. The molecule has 0 fully saturated rings. The summed E-state index contributed by atoms with van der Waals surface area (Å²) >= 11 is 0. The first-order chi connectivity index (χ1) is 6.75. The average molecular weight is 215 g/mol. The number of hydrogen-bond donors (Lipinski definition) is 1. The molecule has 0 radical (unpaired) electrons. The quantitative estimate of drug-likeness (QED) is 0.705. The zero-order chi connectivity index (χ0) is 10.4. The molecule has 1 aromatic carbocycles. The molecule has 1 N–H and O–H groups in total. The monoisotopic (exact) mass is 215 g/mol. The van der Waals surface area contributed by atoms with E-state index >= 15 is 0 Å². The van der Waals surface area contributed by atoms with E-state index in [1.54, 1.807) is 0 Å². The fraction of sp³-hybridized carbons (Fsp3) is 0.417. The van der Waals surface area contributed by atoms with E-state index in [1.807, 2.05) is 30.3 Å². The van der Waals surface area contributed by atoms with Crippen molar-refractivity contribution in [1.82, 2.24) is 0 Å². The largest absolute Gasteiger partial charge is 1.00 e. The van der Waals surface area contributed by atoms with Gasteiger partial charge in [0.25, 0.3) is 0 Å². The Morgan fingerprint density at radius 3 is 2.40 bits per heavy atom. The number of rotatable bonds is 5. The van der Waals surface area contributed by atoms with Gasteiger partial charge < -0.3 is 5.11 Å². The molecule has 0 aliphatic heterocycles. The zero-order valence-corrected chi connectivity index (χ0v) is 11.4. The summed E-state index contributed by atoms with van der Waals surface area (Å²) in [6.45, 7) is 2.07. The van der Waals surface area contributed by atoms with Gasteiger partial charge >= 0.3 is 35.5 Å². The maximum Gasteiger partial charge on any atom is 1.00 e. The van der Waals surface area contributed by atoms with Crippen LogP contribution in [-0.2, 0) is 4.79 Å². The number of unbranched alkanes of at least 4 members (excludes halogenated alkanes) is 1. The molecule has 0 saturated carbocycles. The van der Waals surface area contributed by atoms with Crippen LogP contribution in [0.2, 0.25) is 0 Å². The minimum Gasteiger partial charge on any atom is -0.481 e. The smallest absolute Gasteiger partial charge is 0.481 e. The minimum absolute atomic E-state index is 0. The van der Waals surface area contributed by atoms with Crippen molar-refractivity contribution in [3.8, 4) is 0 Å². The van der Waals surface area contributed by atoms with Crippen molar-refractivity contribution in [2.75, 3.05) is 0 Å². The Morgan fingerprint density at radius 2 is 1.93 bits per heavy atom. The number of carboxylic acid groups (broad SMARTS) is 1. The van der Waals surface area contributed by atoms with E-state index in [0.717, 1.165) is 24.8 Å². The molecule has 1 aromatic rings. The molecule has 0 heterocycles. The van der Waals surface area contributed by atoms with Crippen molar-refractivity contribution >= 4 is 5.97 Å². The normalized spacial score (nSPS) is 11.5. The Hall–Kier alpha value is -0.310. The van der Waals surface area contributed by atoms with Crippen molar-refractivity contribution < 1.29 is 39.5 Å². The number of hydrogen-bond acceptors (Lipinski definition) is 1. The van der Waals surface area contributed by atoms with E-state index in [9.17, 15) is 4.79 Å². The van der Waals surface area contributed by atoms with Gasteiger partial charge in [0.2, 0.25) is 0 Å². The summed E-state index contributed by atoms with van der Waals surface area (Å²) in [5, 5.41) is 9.05. The molecule has 1 rings (SSSR count). The summed E-state index contributed by atoms with van der Waals surface area (Å²) < 4.78 is 0. The Labute approximate surface area is 113 Å². The van der Waals surface area contributed by atoms with Crippen LogP contribution in [0.15, 0.2) is 30.3 Å². The predicted octanol–water partition coefficient (Wildman–Crippen LogP) is 0.0490. The van der Waals surface area contributed by atoms with Gasteiger partial charge in [0.15, 0.2) is 0 Å². The molecule has 2 nitrogen and oxygen atoms in total. The summed E-state index contributed by atoms with van der Waals surface area (Å²) in [5.74, 6) is -1.05. The summed E-state index contributed by atoms with van der Waals surface area (Å²) in [7, 11) is 0. The van der Waals surface area contributed by atoms with Gasteiger partial charge in [-0.25, -0.2) is 0 Å². The Kier molecular flexibility index (Phi) is 7.75. The van der Waals surface area contributed by atoms with Gasteiger partial charge in [0.05, 0.1) is 5.92 Å². The Bertz CT molecular complexity index is 285. The van der Waals surface area contributed by atoms with Crippen LogP contribution >= 0.6 is 0 Å². The van der Waals surface area contributed by atoms with Crippen LogP contribution in [0.5, 0.6) is 0 Å². The van der Waals surface area contributed by atoms with Crippen molar-refractivity contribution in [1.29, 1.82) is 0 Å². The van der Waals surface area contributed by atoms with E-state index in [-0.39, 0.29) is 35.5 Å². The van der Waals surface area contributed by atoms with E-state index < -0.39 is 5.97 Å². The first-order valence-electron chi connectivity index (χ1n) is 5.03. The molecule has 15 heavy (non-hydrogen) atoms. The second-order valence-electron chi connectivity index (χ2n) is 3.44. The van der Waals surface area contributed by atoms with Gasteiger partial charge in [0.1, 0.15) is 0 Å². The van der Waals surface area contributed by atoms with Gasteiger partial charge in [0, 0.05) is 0 Å². The van der Waals surface area contributed by atoms with Crippen LogP contribution in [0, 0.1) is 0 Å². The van der Waals surface area contributed by atoms with Crippen LogP contribution in [-0.4, -0.2) is 11.1 Å². The van der Waals surface area contributed by atoms with Crippen LogP contribution in [0.25, 0.3) is 0 Å². The number of benzene rings is 1. The second kappa shape index (κ2) is 7.91. The Morgan fingerprint density at radius 1 is 1.33 bits per heavy atom. The minimum atomic E-state index is -0.718. The van der Waals surface area contributed by atoms with Gasteiger partial charge in [-0.1, -0.05) is 50.1 Å². The molecule has 0 amide bonds. The van der Waals surface area contributed by atoms with Gasteiger partial charge in [-0.3, -0.25) is 4.79 Å². The van der Waals surface area contributed by atoms with Crippen LogP contribution in [0.3, 0.4) is 0 Å². The molecule has 0 saturated heterocycles. The fourth-order valence-corrected chi connectivity index (χ4v) is 1.53. The molecule has 1 atom stereocenters. The molecule has 0 bridgehead atoms. The van der Waals surface area contributed by atoms with E-state index in [1.165, 1.54) is 0 Å². The van der Waals surface area contributed by atoms with Crippen LogP contribution < -0.4 is 29.6 Å². The van der Waals surface area contributed by atoms with E-state index in [0.29, 0.717) is 0 Å². The maximum absolute atomic E-state index is 11.0. The fourth-order valence-electron chi connectivity index (χ4n) is 1.53. The molecular weight excluding hydrogens is 199 g/mol. The first kappa shape index (κ1) is 14.7. The van der Waals surface area contributed by atoms with Gasteiger partial charge in [-0.05, 0) is 12.0 Å². The standard InChI is InChI=1S/C12H16O2.Na/c1-2-3-9-11(12(13)14)10-7-5-4-6-8-10;/h4-8,11H,2-3,9H2,1H3,(H,13,14);/q;+1. The first-order valence-corrected chi connectivity index (χ1v) is 5.03. The molecular formula is C12H16NaO2+. The summed E-state index contributed by atoms with van der Waals surface area (Å²) in [5.41, 5.74) is 0.911. The molecule has 1 unspecified atom stereocenters. The topological polar surface area (TPSA) is 37.3 Å². The molecule has 0 aromatic heterocycles. The maximum atomic E-state index is 11.0. The molecule has 3 heteroatoms. The zero-order valence-electron chi connectivity index (χ0n) is 9.44. The number of carboxylic acids is 1. The molecule has 0 spiro atoms. The van der Waals surface area contributed by atoms with Crippen LogP contribution in [0.1, 0.15) is 37.7 Å². The third-order valence-corrected chi connectivity index (χ3v) is 2.35. The average Bonchev–Trinajstić information content (AvgIpc) is 2.19. The van der Waals surface area contributed by atoms with Gasteiger partial charge in [-0.15, -0.1) is 0 Å². The second-order valence-corrected chi connectivity index (χ2v) is 3.44. The molecule has 0 aliphatic rings. The summed E-state index contributed by atoms with van der Waals surface area (Å²) in [6, 6.07) is 9.44. The van der Waals surface area contributed by atoms with E-state index in [2.05, 4.69) is 6.92 Å². The third-order valence-electron chi connectivity index (χ3n) is 2.35. The summed E-state index contributed by atoms with van der Waals surface area (Å²) in [4.78, 5) is 11.0. The van der Waals surface area contributed by atoms with Crippen molar-refractivity contribution in [3.05, 3.63) is 35.9 Å².